The van der Waals surface area contributed by atoms with E-state index in [1.54, 1.807) is 19.1 Å². The predicted molar refractivity (Wildman–Crippen MR) is 86.9 cm³/mol. The molecule has 1 fully saturated rings. The van der Waals surface area contributed by atoms with Crippen molar-refractivity contribution in [1.82, 2.24) is 10.6 Å². The molecule has 3 atom stereocenters. The third kappa shape index (κ3) is 5.47. The monoisotopic (exact) mass is 378 g/mol. The molecule has 1 aliphatic heterocycles. The average Bonchev–Trinajstić information content (AvgIpc) is 2.84. The molecule has 0 saturated carbocycles. The van der Waals surface area contributed by atoms with Crippen LogP contribution in [0.1, 0.15) is 6.92 Å². The third-order valence-corrected chi connectivity index (χ3v) is 3.87. The number of hydrogen-bond donors (Lipinski definition) is 3. The molecular weight excluding hydrogens is 360 g/mol. The van der Waals surface area contributed by atoms with Crippen LogP contribution in [0, 0.1) is 5.92 Å². The fourth-order valence-electron chi connectivity index (χ4n) is 2.07. The van der Waals surface area contributed by atoms with Crippen LogP contribution < -0.4 is 15.4 Å². The lowest BCUT2D eigenvalue weighted by Crippen LogP contribution is -2.41. The largest absolute Gasteiger partial charge is 0.481 e. The maximum atomic E-state index is 11.9. The summed E-state index contributed by atoms with van der Waals surface area (Å²) >= 11 is 3.34. The fourth-order valence-corrected chi connectivity index (χ4v) is 2.34. The average molecular weight is 380 g/mol. The number of carbonyl (C=O) groups is 1. The molecule has 0 aromatic heterocycles. The highest BCUT2D eigenvalue weighted by atomic mass is 79.9. The number of ether oxygens (including phenoxy) is 1. The summed E-state index contributed by atoms with van der Waals surface area (Å²) in [5.74, 6) is 0.546. The van der Waals surface area contributed by atoms with Crippen molar-refractivity contribution >= 4 is 34.2 Å². The summed E-state index contributed by atoms with van der Waals surface area (Å²) < 4.78 is 6.52. The number of aliphatic hydroxyl groups is 1. The lowest BCUT2D eigenvalue weighted by atomic mass is 10.1. The van der Waals surface area contributed by atoms with Crippen LogP contribution in [0.15, 0.2) is 28.7 Å². The summed E-state index contributed by atoms with van der Waals surface area (Å²) in [6.45, 7) is 3.48. The van der Waals surface area contributed by atoms with Gasteiger partial charge in [-0.3, -0.25) is 4.79 Å². The molecule has 3 N–H and O–H groups in total. The topological polar surface area (TPSA) is 70.6 Å². The Balaban J connectivity index is 0.00000220. The number of rotatable bonds is 5. The van der Waals surface area contributed by atoms with Crippen molar-refractivity contribution in [2.24, 2.45) is 5.92 Å². The molecule has 21 heavy (non-hydrogen) atoms. The zero-order valence-corrected chi connectivity index (χ0v) is 14.1. The standard InChI is InChI=1S/C14H19BrN2O3.ClH/c1-9(20-12-4-2-11(15)3-5-12)14(19)17-7-10-6-16-8-13(10)18;/h2-5,9-10,13,16,18H,6-8H2,1H3,(H,17,19);1H. The summed E-state index contributed by atoms with van der Waals surface area (Å²) in [7, 11) is 0. The van der Waals surface area contributed by atoms with Gasteiger partial charge in [0.25, 0.3) is 5.91 Å². The van der Waals surface area contributed by atoms with Crippen molar-refractivity contribution in [2.75, 3.05) is 19.6 Å². The van der Waals surface area contributed by atoms with E-state index < -0.39 is 12.2 Å². The number of β-amino-alcohol motifs (C(OH)–C–C–N with tert-alkyl or cyclic N) is 1. The Morgan fingerprint density at radius 2 is 2.14 bits per heavy atom. The molecule has 1 aromatic rings. The van der Waals surface area contributed by atoms with Gasteiger partial charge in [0.2, 0.25) is 0 Å². The first-order valence-corrected chi connectivity index (χ1v) is 7.44. The van der Waals surface area contributed by atoms with Crippen LogP contribution in [-0.2, 0) is 4.79 Å². The lowest BCUT2D eigenvalue weighted by molar-refractivity contribution is -0.127. The van der Waals surface area contributed by atoms with Gasteiger partial charge in [0.05, 0.1) is 6.10 Å². The first-order chi connectivity index (χ1) is 9.56. The van der Waals surface area contributed by atoms with Crippen molar-refractivity contribution in [3.63, 3.8) is 0 Å². The first kappa shape index (κ1) is 18.2. The number of benzene rings is 1. The van der Waals surface area contributed by atoms with Gasteiger partial charge in [-0.25, -0.2) is 0 Å². The lowest BCUT2D eigenvalue weighted by Gasteiger charge is -2.18. The Morgan fingerprint density at radius 1 is 1.48 bits per heavy atom. The van der Waals surface area contributed by atoms with E-state index in [0.29, 0.717) is 18.8 Å². The van der Waals surface area contributed by atoms with Crippen molar-refractivity contribution in [2.45, 2.75) is 19.1 Å². The van der Waals surface area contributed by atoms with Gasteiger partial charge in [0.15, 0.2) is 6.10 Å². The third-order valence-electron chi connectivity index (χ3n) is 3.34. The number of aliphatic hydroxyl groups excluding tert-OH is 1. The van der Waals surface area contributed by atoms with Crippen LogP contribution in [0.4, 0.5) is 0 Å². The minimum atomic E-state index is -0.567. The molecule has 0 radical (unpaired) electrons. The van der Waals surface area contributed by atoms with Gasteiger partial charge in [0, 0.05) is 30.0 Å². The van der Waals surface area contributed by atoms with Gasteiger partial charge in [-0.15, -0.1) is 12.4 Å². The Labute approximate surface area is 139 Å². The quantitative estimate of drug-likeness (QED) is 0.722. The molecule has 1 aromatic carbocycles. The zero-order chi connectivity index (χ0) is 14.5. The molecule has 118 valence electrons. The summed E-state index contributed by atoms with van der Waals surface area (Å²) in [6, 6.07) is 7.33. The number of amides is 1. The number of nitrogens with one attached hydrogen (secondary N) is 2. The highest BCUT2D eigenvalue weighted by Gasteiger charge is 2.26. The molecule has 5 nitrogen and oxygen atoms in total. The predicted octanol–water partition coefficient (Wildman–Crippen LogP) is 1.33. The Bertz CT molecular complexity index is 458. The van der Waals surface area contributed by atoms with E-state index >= 15 is 0 Å². The van der Waals surface area contributed by atoms with E-state index in [1.165, 1.54) is 0 Å². The van der Waals surface area contributed by atoms with Gasteiger partial charge in [-0.2, -0.15) is 0 Å². The van der Waals surface area contributed by atoms with Gasteiger partial charge >= 0.3 is 0 Å². The maximum Gasteiger partial charge on any atom is 0.260 e. The molecule has 1 amide bonds. The molecule has 1 heterocycles. The van der Waals surface area contributed by atoms with Crippen molar-refractivity contribution in [3.8, 4) is 5.75 Å². The second kappa shape index (κ2) is 8.58. The van der Waals surface area contributed by atoms with Crippen LogP contribution >= 0.6 is 28.3 Å². The maximum absolute atomic E-state index is 11.9. The van der Waals surface area contributed by atoms with Crippen LogP contribution in [-0.4, -0.2) is 42.9 Å². The van der Waals surface area contributed by atoms with Gasteiger partial charge in [-0.05, 0) is 31.2 Å². The van der Waals surface area contributed by atoms with Gasteiger partial charge in [0.1, 0.15) is 5.75 Å². The van der Waals surface area contributed by atoms with Crippen molar-refractivity contribution < 1.29 is 14.6 Å². The van der Waals surface area contributed by atoms with Gasteiger partial charge < -0.3 is 20.5 Å². The number of hydrogen-bond acceptors (Lipinski definition) is 4. The van der Waals surface area contributed by atoms with E-state index in [2.05, 4.69) is 26.6 Å². The second-order valence-electron chi connectivity index (χ2n) is 4.94. The Hall–Kier alpha value is -0.820. The van der Waals surface area contributed by atoms with E-state index in [1.807, 2.05) is 12.1 Å². The van der Waals surface area contributed by atoms with Crippen molar-refractivity contribution in [3.05, 3.63) is 28.7 Å². The summed E-state index contributed by atoms with van der Waals surface area (Å²) in [6.07, 6.45) is -0.958. The fraction of sp³-hybridized carbons (Fsp3) is 0.500. The molecule has 0 spiro atoms. The normalized spacial score (nSPS) is 22.2. The number of halogens is 2. The molecular formula is C14H20BrClN2O3. The van der Waals surface area contributed by atoms with E-state index in [4.69, 9.17) is 4.74 Å². The van der Waals surface area contributed by atoms with Gasteiger partial charge in [-0.1, -0.05) is 15.9 Å². The zero-order valence-electron chi connectivity index (χ0n) is 11.7. The van der Waals surface area contributed by atoms with Crippen molar-refractivity contribution in [1.29, 1.82) is 0 Å². The minimum absolute atomic E-state index is 0. The number of carbonyl (C=O) groups excluding carboxylic acids is 1. The molecule has 0 bridgehead atoms. The van der Waals surface area contributed by atoms with Crippen LogP contribution in [0.5, 0.6) is 5.75 Å². The molecule has 1 saturated heterocycles. The first-order valence-electron chi connectivity index (χ1n) is 6.65. The molecule has 2 rings (SSSR count). The van der Waals surface area contributed by atoms with Crippen LogP contribution in [0.25, 0.3) is 0 Å². The molecule has 7 heteroatoms. The minimum Gasteiger partial charge on any atom is -0.481 e. The second-order valence-corrected chi connectivity index (χ2v) is 5.86. The summed E-state index contributed by atoms with van der Waals surface area (Å²) in [4.78, 5) is 11.9. The Kier molecular flexibility index (Phi) is 7.45. The van der Waals surface area contributed by atoms with E-state index in [9.17, 15) is 9.90 Å². The summed E-state index contributed by atoms with van der Waals surface area (Å²) in [5.41, 5.74) is 0. The highest BCUT2D eigenvalue weighted by Crippen LogP contribution is 2.17. The smallest absolute Gasteiger partial charge is 0.260 e. The van der Waals surface area contributed by atoms with Crippen LogP contribution in [0.3, 0.4) is 0 Å². The molecule has 3 unspecified atom stereocenters. The van der Waals surface area contributed by atoms with E-state index in [0.717, 1.165) is 11.0 Å². The van der Waals surface area contributed by atoms with Crippen LogP contribution in [0.2, 0.25) is 0 Å². The molecule has 1 aliphatic rings. The van der Waals surface area contributed by atoms with E-state index in [-0.39, 0.29) is 24.2 Å². The summed E-state index contributed by atoms with van der Waals surface area (Å²) in [5, 5.41) is 15.5. The SMILES string of the molecule is CC(Oc1ccc(Br)cc1)C(=O)NCC1CNCC1O.Cl. The highest BCUT2D eigenvalue weighted by molar-refractivity contribution is 9.10. The molecule has 0 aliphatic carbocycles. The Morgan fingerprint density at radius 3 is 2.71 bits per heavy atom.